The number of halogens is 1. The van der Waals surface area contributed by atoms with E-state index in [4.69, 9.17) is 5.73 Å². The second-order valence-corrected chi connectivity index (χ2v) is 5.68. The minimum atomic E-state index is -0.672. The van der Waals surface area contributed by atoms with Crippen LogP contribution in [0.4, 0.5) is 5.69 Å². The van der Waals surface area contributed by atoms with Gasteiger partial charge in [-0.05, 0) is 43.7 Å². The Morgan fingerprint density at radius 3 is 2.54 bits per heavy atom. The number of aromatic nitrogens is 1. The first-order valence-electron chi connectivity index (χ1n) is 7.81. The number of carbonyl (C=O) groups is 1. The van der Waals surface area contributed by atoms with Crippen LogP contribution in [0.2, 0.25) is 0 Å². The second-order valence-electron chi connectivity index (χ2n) is 5.68. The second kappa shape index (κ2) is 7.51. The number of benzene rings is 2. The summed E-state index contributed by atoms with van der Waals surface area (Å²) in [5.74, 6) is -0.206. The smallest absolute Gasteiger partial charge is 0.245 e. The molecule has 126 valence electrons. The molecule has 2 aromatic carbocycles. The highest BCUT2D eigenvalue weighted by Gasteiger charge is 2.16. The standard InChI is InChI=1S/C19H21N3O.ClH/c1-3-22-13(2)11-15-12-16(9-10-17(15)22)21-19(23)18(20)14-7-5-4-6-8-14;/h4-12,18H,3,20H2,1-2H3,(H,21,23);1H/t18-;/m1./s1. The summed E-state index contributed by atoms with van der Waals surface area (Å²) >= 11 is 0. The Labute approximate surface area is 148 Å². The van der Waals surface area contributed by atoms with Gasteiger partial charge in [-0.25, -0.2) is 0 Å². The molecule has 1 amide bonds. The highest BCUT2D eigenvalue weighted by molar-refractivity contribution is 5.97. The van der Waals surface area contributed by atoms with Gasteiger partial charge in [0.25, 0.3) is 0 Å². The van der Waals surface area contributed by atoms with Gasteiger partial charge in [0.1, 0.15) is 6.04 Å². The van der Waals surface area contributed by atoms with Crippen LogP contribution in [0.5, 0.6) is 0 Å². The van der Waals surface area contributed by atoms with Crippen molar-refractivity contribution in [3.63, 3.8) is 0 Å². The van der Waals surface area contributed by atoms with E-state index in [0.717, 1.165) is 23.2 Å². The molecule has 0 saturated heterocycles. The SMILES string of the molecule is CCn1c(C)cc2cc(NC(=O)[C@H](N)c3ccccc3)ccc21.Cl. The summed E-state index contributed by atoms with van der Waals surface area (Å²) in [5, 5.41) is 4.03. The van der Waals surface area contributed by atoms with Crippen molar-refractivity contribution in [3.8, 4) is 0 Å². The summed E-state index contributed by atoms with van der Waals surface area (Å²) in [6.07, 6.45) is 0. The maximum Gasteiger partial charge on any atom is 0.245 e. The van der Waals surface area contributed by atoms with E-state index < -0.39 is 6.04 Å². The number of fused-ring (bicyclic) bond motifs is 1. The lowest BCUT2D eigenvalue weighted by Gasteiger charge is -2.13. The molecular weight excluding hydrogens is 322 g/mol. The van der Waals surface area contributed by atoms with Gasteiger partial charge in [0.05, 0.1) is 0 Å². The molecule has 3 aromatic rings. The van der Waals surface area contributed by atoms with Crippen molar-refractivity contribution in [2.75, 3.05) is 5.32 Å². The number of anilines is 1. The third kappa shape index (κ3) is 3.45. The number of nitrogens with two attached hydrogens (primary N) is 1. The van der Waals surface area contributed by atoms with Crippen molar-refractivity contribution in [2.24, 2.45) is 5.73 Å². The van der Waals surface area contributed by atoms with Gasteiger partial charge in [0, 0.05) is 28.8 Å². The molecule has 0 aliphatic carbocycles. The van der Waals surface area contributed by atoms with Crippen molar-refractivity contribution >= 4 is 34.9 Å². The summed E-state index contributed by atoms with van der Waals surface area (Å²) in [6.45, 7) is 5.15. The Kier molecular flexibility index (Phi) is 5.65. The molecule has 1 atom stereocenters. The Bertz CT molecular complexity index is 842. The van der Waals surface area contributed by atoms with Gasteiger partial charge in [-0.2, -0.15) is 0 Å². The molecule has 0 saturated carbocycles. The molecule has 0 unspecified atom stereocenters. The Morgan fingerprint density at radius 1 is 1.17 bits per heavy atom. The summed E-state index contributed by atoms with van der Waals surface area (Å²) < 4.78 is 2.25. The quantitative estimate of drug-likeness (QED) is 0.751. The largest absolute Gasteiger partial charge is 0.345 e. The fourth-order valence-corrected chi connectivity index (χ4v) is 2.94. The van der Waals surface area contributed by atoms with Crippen molar-refractivity contribution < 1.29 is 4.79 Å². The van der Waals surface area contributed by atoms with E-state index in [-0.39, 0.29) is 18.3 Å². The Balaban J connectivity index is 0.00000208. The van der Waals surface area contributed by atoms with Gasteiger partial charge in [-0.1, -0.05) is 30.3 Å². The van der Waals surface area contributed by atoms with Crippen molar-refractivity contribution in [2.45, 2.75) is 26.4 Å². The van der Waals surface area contributed by atoms with Crippen LogP contribution >= 0.6 is 12.4 Å². The topological polar surface area (TPSA) is 60.0 Å². The van der Waals surface area contributed by atoms with Gasteiger partial charge < -0.3 is 15.6 Å². The first-order chi connectivity index (χ1) is 11.1. The van der Waals surface area contributed by atoms with Gasteiger partial charge >= 0.3 is 0 Å². The molecule has 3 rings (SSSR count). The van der Waals surface area contributed by atoms with Gasteiger partial charge in [-0.15, -0.1) is 12.4 Å². The fourth-order valence-electron chi connectivity index (χ4n) is 2.94. The number of rotatable bonds is 4. The highest BCUT2D eigenvalue weighted by Crippen LogP contribution is 2.24. The predicted octanol–water partition coefficient (Wildman–Crippen LogP) is 4.03. The molecule has 0 spiro atoms. The molecule has 24 heavy (non-hydrogen) atoms. The van der Waals surface area contributed by atoms with Crippen molar-refractivity contribution in [1.82, 2.24) is 4.57 Å². The average Bonchev–Trinajstić information content (AvgIpc) is 2.89. The van der Waals surface area contributed by atoms with Crippen LogP contribution in [0.1, 0.15) is 24.2 Å². The van der Waals surface area contributed by atoms with Crippen molar-refractivity contribution in [3.05, 3.63) is 65.9 Å². The summed E-state index contributed by atoms with van der Waals surface area (Å²) in [7, 11) is 0. The molecule has 1 aromatic heterocycles. The van der Waals surface area contributed by atoms with Gasteiger partial charge in [0.15, 0.2) is 0 Å². The summed E-state index contributed by atoms with van der Waals surface area (Å²) in [6, 6.07) is 16.8. The zero-order valence-electron chi connectivity index (χ0n) is 13.8. The molecule has 4 nitrogen and oxygen atoms in total. The highest BCUT2D eigenvalue weighted by atomic mass is 35.5. The monoisotopic (exact) mass is 343 g/mol. The van der Waals surface area contributed by atoms with Crippen molar-refractivity contribution in [1.29, 1.82) is 0 Å². The third-order valence-electron chi connectivity index (χ3n) is 4.13. The molecule has 3 N–H and O–H groups in total. The minimum Gasteiger partial charge on any atom is -0.345 e. The maximum absolute atomic E-state index is 12.3. The molecule has 1 heterocycles. The Morgan fingerprint density at radius 2 is 1.88 bits per heavy atom. The predicted molar refractivity (Wildman–Crippen MR) is 102 cm³/mol. The number of hydrogen-bond donors (Lipinski definition) is 2. The zero-order valence-corrected chi connectivity index (χ0v) is 14.6. The maximum atomic E-state index is 12.3. The molecule has 0 aliphatic heterocycles. The van der Waals surface area contributed by atoms with Crippen LogP contribution in [0.15, 0.2) is 54.6 Å². The number of aryl methyl sites for hydroxylation is 2. The summed E-state index contributed by atoms with van der Waals surface area (Å²) in [5.41, 5.74) is 9.99. The van der Waals surface area contributed by atoms with E-state index in [1.807, 2.05) is 48.5 Å². The normalized spacial score (nSPS) is 11.8. The molecule has 0 aliphatic rings. The molecule has 0 radical (unpaired) electrons. The van der Waals surface area contributed by atoms with E-state index in [1.165, 1.54) is 11.2 Å². The van der Waals surface area contributed by atoms with Crippen LogP contribution in [0, 0.1) is 6.92 Å². The fraction of sp³-hybridized carbons (Fsp3) is 0.211. The Hall–Kier alpha value is -2.30. The number of amides is 1. The van der Waals surface area contributed by atoms with Crippen LogP contribution in [-0.2, 0) is 11.3 Å². The lowest BCUT2D eigenvalue weighted by Crippen LogP contribution is -2.27. The van der Waals surface area contributed by atoms with Gasteiger partial charge in [-0.3, -0.25) is 4.79 Å². The molecule has 0 bridgehead atoms. The lowest BCUT2D eigenvalue weighted by molar-refractivity contribution is -0.117. The zero-order chi connectivity index (χ0) is 16.4. The van der Waals surface area contributed by atoms with Crippen LogP contribution in [-0.4, -0.2) is 10.5 Å². The van der Waals surface area contributed by atoms with E-state index >= 15 is 0 Å². The van der Waals surface area contributed by atoms with Gasteiger partial charge in [0.2, 0.25) is 5.91 Å². The summed E-state index contributed by atoms with van der Waals surface area (Å²) in [4.78, 5) is 12.3. The van der Waals surface area contributed by atoms with E-state index in [9.17, 15) is 4.79 Å². The number of hydrogen-bond acceptors (Lipinski definition) is 2. The number of nitrogens with one attached hydrogen (secondary N) is 1. The van der Waals surface area contributed by atoms with Crippen LogP contribution in [0.3, 0.4) is 0 Å². The molecule has 5 heteroatoms. The van der Waals surface area contributed by atoms with E-state index in [2.05, 4.69) is 29.8 Å². The third-order valence-corrected chi connectivity index (χ3v) is 4.13. The lowest BCUT2D eigenvalue weighted by atomic mass is 10.1. The average molecular weight is 344 g/mol. The van der Waals surface area contributed by atoms with Crippen LogP contribution < -0.4 is 11.1 Å². The molecular formula is C19H22ClN3O. The molecule has 0 fully saturated rings. The number of carbonyl (C=O) groups excluding carboxylic acids is 1. The number of nitrogens with zero attached hydrogens (tertiary/aromatic N) is 1. The van der Waals surface area contributed by atoms with E-state index in [1.54, 1.807) is 0 Å². The van der Waals surface area contributed by atoms with E-state index in [0.29, 0.717) is 0 Å². The first-order valence-corrected chi connectivity index (χ1v) is 7.81. The van der Waals surface area contributed by atoms with Crippen LogP contribution in [0.25, 0.3) is 10.9 Å². The minimum absolute atomic E-state index is 0. The first kappa shape index (κ1) is 18.0.